The van der Waals surface area contributed by atoms with Crippen molar-refractivity contribution in [3.05, 3.63) is 44.6 Å². The lowest BCUT2D eigenvalue weighted by atomic mass is 10.3. The zero-order chi connectivity index (χ0) is 13.8. The predicted molar refractivity (Wildman–Crippen MR) is 76.9 cm³/mol. The van der Waals surface area contributed by atoms with E-state index in [2.05, 4.69) is 10.3 Å². The summed E-state index contributed by atoms with van der Waals surface area (Å²) in [6.45, 7) is 0.667. The Balaban J connectivity index is 2.27. The van der Waals surface area contributed by atoms with Crippen LogP contribution >= 0.6 is 11.3 Å². The first-order valence-electron chi connectivity index (χ1n) is 5.66. The molecule has 0 saturated heterocycles. The highest BCUT2D eigenvalue weighted by Crippen LogP contribution is 2.23. The Bertz CT molecular complexity index is 571. The van der Waals surface area contributed by atoms with Gasteiger partial charge in [-0.3, -0.25) is 10.1 Å². The molecule has 1 N–H and O–H groups in total. The fourth-order valence-corrected chi connectivity index (χ4v) is 2.33. The Kier molecular flexibility index (Phi) is 3.96. The van der Waals surface area contributed by atoms with Crippen LogP contribution in [0.1, 0.15) is 5.56 Å². The van der Waals surface area contributed by atoms with Gasteiger partial charge in [0, 0.05) is 20.6 Å². The van der Waals surface area contributed by atoms with Gasteiger partial charge < -0.3 is 10.2 Å². The molecule has 0 aromatic carbocycles. The molecule has 0 radical (unpaired) electrons. The lowest BCUT2D eigenvalue weighted by Gasteiger charge is -2.18. The highest BCUT2D eigenvalue weighted by molar-refractivity contribution is 7.07. The van der Waals surface area contributed by atoms with Gasteiger partial charge in [0.25, 0.3) is 5.69 Å². The number of hydrogen-bond acceptors (Lipinski definition) is 6. The molecule has 2 aromatic rings. The molecule has 0 bridgehead atoms. The molecule has 0 amide bonds. The first-order chi connectivity index (χ1) is 9.10. The van der Waals surface area contributed by atoms with Crippen molar-refractivity contribution < 1.29 is 4.92 Å². The van der Waals surface area contributed by atoms with Gasteiger partial charge in [0.2, 0.25) is 0 Å². The highest BCUT2D eigenvalue weighted by atomic mass is 32.1. The molecular weight excluding hydrogens is 264 g/mol. The molecule has 0 aliphatic heterocycles. The molecule has 0 atom stereocenters. The number of pyridine rings is 1. The van der Waals surface area contributed by atoms with Crippen molar-refractivity contribution in [1.82, 2.24) is 4.98 Å². The molecule has 2 rings (SSSR count). The Hall–Kier alpha value is -2.15. The van der Waals surface area contributed by atoms with Crippen LogP contribution in [0.4, 0.5) is 17.3 Å². The number of thiophene rings is 1. The van der Waals surface area contributed by atoms with Crippen LogP contribution in [-0.2, 0) is 6.54 Å². The summed E-state index contributed by atoms with van der Waals surface area (Å²) in [5, 5.41) is 17.8. The van der Waals surface area contributed by atoms with Gasteiger partial charge in [0.15, 0.2) is 0 Å². The van der Waals surface area contributed by atoms with Crippen LogP contribution < -0.4 is 10.2 Å². The Labute approximate surface area is 114 Å². The van der Waals surface area contributed by atoms with Crippen LogP contribution in [0.25, 0.3) is 0 Å². The van der Waals surface area contributed by atoms with Crippen molar-refractivity contribution in [3.63, 3.8) is 0 Å². The number of anilines is 2. The highest BCUT2D eigenvalue weighted by Gasteiger charge is 2.13. The van der Waals surface area contributed by atoms with Gasteiger partial charge in [0.05, 0.1) is 17.1 Å². The molecule has 0 aliphatic carbocycles. The first kappa shape index (κ1) is 13.3. The second-order valence-electron chi connectivity index (χ2n) is 4.06. The topological polar surface area (TPSA) is 71.3 Å². The van der Waals surface area contributed by atoms with Gasteiger partial charge in [-0.05, 0) is 22.4 Å². The van der Waals surface area contributed by atoms with Crippen molar-refractivity contribution >= 4 is 28.7 Å². The third kappa shape index (κ3) is 3.19. The second kappa shape index (κ2) is 5.66. The van der Waals surface area contributed by atoms with Crippen LogP contribution in [0.15, 0.2) is 29.0 Å². The predicted octanol–water partition coefficient (Wildman–Crippen LogP) is 2.73. The summed E-state index contributed by atoms with van der Waals surface area (Å²) >= 11 is 1.62. The third-order valence-corrected chi connectivity index (χ3v) is 3.39. The van der Waals surface area contributed by atoms with Crippen molar-refractivity contribution in [2.45, 2.75) is 6.54 Å². The molecule has 2 heterocycles. The normalized spacial score (nSPS) is 10.2. The molecule has 0 unspecified atom stereocenters. The largest absolute Gasteiger partial charge is 0.373 e. The van der Waals surface area contributed by atoms with Gasteiger partial charge in [-0.25, -0.2) is 4.98 Å². The van der Waals surface area contributed by atoms with E-state index in [1.165, 1.54) is 12.1 Å². The maximum Gasteiger partial charge on any atom is 0.276 e. The van der Waals surface area contributed by atoms with E-state index >= 15 is 0 Å². The van der Waals surface area contributed by atoms with Gasteiger partial charge in [-0.2, -0.15) is 11.3 Å². The van der Waals surface area contributed by atoms with E-state index < -0.39 is 4.92 Å². The Morgan fingerprint density at radius 3 is 2.89 bits per heavy atom. The number of rotatable bonds is 5. The molecule has 19 heavy (non-hydrogen) atoms. The minimum Gasteiger partial charge on any atom is -0.373 e. The zero-order valence-corrected chi connectivity index (χ0v) is 11.5. The van der Waals surface area contributed by atoms with Crippen molar-refractivity contribution in [3.8, 4) is 0 Å². The van der Waals surface area contributed by atoms with Gasteiger partial charge in [-0.1, -0.05) is 0 Å². The molecule has 0 aliphatic rings. The average molecular weight is 278 g/mol. The number of nitrogens with one attached hydrogen (secondary N) is 1. The first-order valence-corrected chi connectivity index (χ1v) is 6.61. The smallest absolute Gasteiger partial charge is 0.276 e. The summed E-state index contributed by atoms with van der Waals surface area (Å²) in [6, 6.07) is 4.92. The number of nitro groups is 1. The summed E-state index contributed by atoms with van der Waals surface area (Å²) in [7, 11) is 3.55. The fourth-order valence-electron chi connectivity index (χ4n) is 1.67. The van der Waals surface area contributed by atoms with Crippen LogP contribution in [0.3, 0.4) is 0 Å². The summed E-state index contributed by atoms with van der Waals surface area (Å²) in [4.78, 5) is 16.7. The van der Waals surface area contributed by atoms with Crippen molar-refractivity contribution in [1.29, 1.82) is 0 Å². The molecule has 0 saturated carbocycles. The van der Waals surface area contributed by atoms with E-state index in [1.807, 2.05) is 28.8 Å². The quantitative estimate of drug-likeness (QED) is 0.672. The monoisotopic (exact) mass is 278 g/mol. The maximum absolute atomic E-state index is 10.9. The second-order valence-corrected chi connectivity index (χ2v) is 4.84. The number of nitrogens with zero attached hydrogens (tertiary/aromatic N) is 3. The maximum atomic E-state index is 10.9. The molecular formula is C12H14N4O2S. The van der Waals surface area contributed by atoms with Crippen LogP contribution in [0.2, 0.25) is 0 Å². The zero-order valence-electron chi connectivity index (χ0n) is 10.7. The minimum atomic E-state index is -0.412. The summed E-state index contributed by atoms with van der Waals surface area (Å²) in [5.74, 6) is 1.06. The lowest BCUT2D eigenvalue weighted by Crippen LogP contribution is -2.18. The standard InChI is InChI=1S/C12H14N4O2S/c1-13-11-5-10(16(17)18)6-12(14-11)15(2)7-9-3-4-19-8-9/h3-6,8H,7H2,1-2H3,(H,13,14). The van der Waals surface area contributed by atoms with E-state index in [4.69, 9.17) is 0 Å². The summed E-state index contributed by atoms with van der Waals surface area (Å²) < 4.78 is 0. The van der Waals surface area contributed by atoms with E-state index in [1.54, 1.807) is 18.4 Å². The minimum absolute atomic E-state index is 0.0338. The lowest BCUT2D eigenvalue weighted by molar-refractivity contribution is -0.384. The van der Waals surface area contributed by atoms with E-state index in [0.29, 0.717) is 18.2 Å². The van der Waals surface area contributed by atoms with Gasteiger partial charge in [-0.15, -0.1) is 0 Å². The number of aromatic nitrogens is 1. The van der Waals surface area contributed by atoms with Crippen molar-refractivity contribution in [2.75, 3.05) is 24.3 Å². The molecule has 0 spiro atoms. The van der Waals surface area contributed by atoms with Gasteiger partial charge >= 0.3 is 0 Å². The molecule has 7 heteroatoms. The average Bonchev–Trinajstić information content (AvgIpc) is 2.90. The third-order valence-electron chi connectivity index (χ3n) is 2.65. The van der Waals surface area contributed by atoms with E-state index in [0.717, 1.165) is 5.56 Å². The molecule has 2 aromatic heterocycles. The van der Waals surface area contributed by atoms with Crippen LogP contribution in [0.5, 0.6) is 0 Å². The van der Waals surface area contributed by atoms with Gasteiger partial charge in [0.1, 0.15) is 11.6 Å². The SMILES string of the molecule is CNc1cc([N+](=O)[O-])cc(N(C)Cc2ccsc2)n1. The molecule has 100 valence electrons. The summed E-state index contributed by atoms with van der Waals surface area (Å²) in [5.41, 5.74) is 1.19. The van der Waals surface area contributed by atoms with E-state index in [9.17, 15) is 10.1 Å². The fraction of sp³-hybridized carbons (Fsp3) is 0.250. The van der Waals surface area contributed by atoms with E-state index in [-0.39, 0.29) is 5.69 Å². The van der Waals surface area contributed by atoms with Crippen molar-refractivity contribution in [2.24, 2.45) is 0 Å². The summed E-state index contributed by atoms with van der Waals surface area (Å²) in [6.07, 6.45) is 0. The van der Waals surface area contributed by atoms with Crippen LogP contribution in [-0.4, -0.2) is 24.0 Å². The number of hydrogen-bond donors (Lipinski definition) is 1. The Morgan fingerprint density at radius 1 is 1.53 bits per heavy atom. The molecule has 0 fully saturated rings. The molecule has 6 nitrogen and oxygen atoms in total. The Morgan fingerprint density at radius 2 is 2.32 bits per heavy atom. The van der Waals surface area contributed by atoms with Crippen LogP contribution in [0, 0.1) is 10.1 Å².